The van der Waals surface area contributed by atoms with Crippen molar-refractivity contribution in [3.63, 3.8) is 0 Å². The van der Waals surface area contributed by atoms with Gasteiger partial charge in [-0.2, -0.15) is 5.10 Å². The predicted octanol–water partition coefficient (Wildman–Crippen LogP) is 3.71. The van der Waals surface area contributed by atoms with E-state index in [1.165, 1.54) is 19.3 Å². The van der Waals surface area contributed by atoms with Crippen LogP contribution >= 0.6 is 0 Å². The molecule has 1 N–H and O–H groups in total. The summed E-state index contributed by atoms with van der Waals surface area (Å²) in [5.41, 5.74) is 3.02. The van der Waals surface area contributed by atoms with E-state index in [1.54, 1.807) is 18.0 Å². The number of aromatic nitrogens is 3. The molecule has 6 nitrogen and oxygen atoms in total. The highest BCUT2D eigenvalue weighted by Crippen LogP contribution is 2.27. The number of hydrogen-bond donors (Lipinski definition) is 1. The van der Waals surface area contributed by atoms with Gasteiger partial charge in [-0.25, -0.2) is 4.98 Å². The molecule has 1 aliphatic carbocycles. The second-order valence-electron chi connectivity index (χ2n) is 7.10. The number of pyridine rings is 1. The number of aryl methyl sites for hydroxylation is 1. The molecular weight excluding hydrogens is 340 g/mol. The molecule has 0 atom stereocenters. The van der Waals surface area contributed by atoms with Crippen LogP contribution in [0.1, 0.15) is 42.5 Å². The van der Waals surface area contributed by atoms with Gasteiger partial charge in [0.25, 0.3) is 5.91 Å². The number of ether oxygens (including phenoxy) is 1. The molecule has 1 saturated carbocycles. The highest BCUT2D eigenvalue weighted by molar-refractivity contribution is 6.06. The third kappa shape index (κ3) is 3.52. The molecule has 1 aromatic carbocycles. The van der Waals surface area contributed by atoms with Gasteiger partial charge < -0.3 is 10.1 Å². The quantitative estimate of drug-likeness (QED) is 0.766. The Labute approximate surface area is 158 Å². The van der Waals surface area contributed by atoms with E-state index in [1.807, 2.05) is 37.4 Å². The standard InChI is InChI=1S/C21H24N4O2/c1-25-20-18(13-22-25)17(21(26)23-15-6-4-3-5-7-15)12-19(24-20)14-8-10-16(27-2)11-9-14/h8-13,15H,3-7H2,1-2H3,(H,23,26). The SMILES string of the molecule is COc1ccc(-c2cc(C(=O)NC3CCCCC3)c3cnn(C)c3n2)cc1. The third-order valence-electron chi connectivity index (χ3n) is 5.28. The van der Waals surface area contributed by atoms with Crippen LogP contribution in [-0.2, 0) is 7.05 Å². The van der Waals surface area contributed by atoms with Crippen LogP contribution in [0.15, 0.2) is 36.5 Å². The molecule has 4 rings (SSSR count). The number of nitrogens with one attached hydrogen (secondary N) is 1. The summed E-state index contributed by atoms with van der Waals surface area (Å²) < 4.78 is 6.94. The number of nitrogens with zero attached hydrogens (tertiary/aromatic N) is 3. The van der Waals surface area contributed by atoms with Crippen molar-refractivity contribution < 1.29 is 9.53 Å². The van der Waals surface area contributed by atoms with Gasteiger partial charge in [0.2, 0.25) is 0 Å². The molecule has 6 heteroatoms. The molecule has 2 aromatic heterocycles. The van der Waals surface area contributed by atoms with Crippen molar-refractivity contribution in [1.82, 2.24) is 20.1 Å². The highest BCUT2D eigenvalue weighted by atomic mass is 16.5. The lowest BCUT2D eigenvalue weighted by Gasteiger charge is -2.23. The van der Waals surface area contributed by atoms with Crippen LogP contribution in [0.2, 0.25) is 0 Å². The minimum Gasteiger partial charge on any atom is -0.497 e. The first-order valence-corrected chi connectivity index (χ1v) is 9.44. The fourth-order valence-corrected chi connectivity index (χ4v) is 3.72. The first-order valence-electron chi connectivity index (χ1n) is 9.44. The van der Waals surface area contributed by atoms with Crippen molar-refractivity contribution in [2.45, 2.75) is 38.1 Å². The first-order chi connectivity index (χ1) is 13.2. The van der Waals surface area contributed by atoms with Crippen molar-refractivity contribution in [1.29, 1.82) is 0 Å². The van der Waals surface area contributed by atoms with E-state index in [0.29, 0.717) is 11.2 Å². The fourth-order valence-electron chi connectivity index (χ4n) is 3.72. The molecule has 0 radical (unpaired) electrons. The van der Waals surface area contributed by atoms with Crippen LogP contribution < -0.4 is 10.1 Å². The summed E-state index contributed by atoms with van der Waals surface area (Å²) in [5, 5.41) is 8.29. The molecule has 1 amide bonds. The largest absolute Gasteiger partial charge is 0.497 e. The van der Waals surface area contributed by atoms with E-state index < -0.39 is 0 Å². The number of carbonyl (C=O) groups is 1. The number of methoxy groups -OCH3 is 1. The third-order valence-corrected chi connectivity index (χ3v) is 5.28. The summed E-state index contributed by atoms with van der Waals surface area (Å²) in [6.45, 7) is 0. The molecule has 140 valence electrons. The van der Waals surface area contributed by atoms with Crippen LogP contribution in [0.5, 0.6) is 5.75 Å². The molecule has 3 aromatic rings. The van der Waals surface area contributed by atoms with Gasteiger partial charge in [0.05, 0.1) is 30.0 Å². The Morgan fingerprint density at radius 1 is 1.19 bits per heavy atom. The fraction of sp³-hybridized carbons (Fsp3) is 0.381. The van der Waals surface area contributed by atoms with Gasteiger partial charge in [0, 0.05) is 18.7 Å². The lowest BCUT2D eigenvalue weighted by atomic mass is 9.95. The Bertz CT molecular complexity index is 956. The summed E-state index contributed by atoms with van der Waals surface area (Å²) in [6.07, 6.45) is 7.45. The van der Waals surface area contributed by atoms with Gasteiger partial charge >= 0.3 is 0 Å². The van der Waals surface area contributed by atoms with Crippen LogP contribution in [0.25, 0.3) is 22.3 Å². The normalized spacial score (nSPS) is 15.0. The zero-order chi connectivity index (χ0) is 18.8. The molecule has 0 spiro atoms. The molecule has 2 heterocycles. The van der Waals surface area contributed by atoms with E-state index in [9.17, 15) is 4.79 Å². The van der Waals surface area contributed by atoms with Crippen LogP contribution in [0, 0.1) is 0 Å². The maximum Gasteiger partial charge on any atom is 0.252 e. The molecule has 0 bridgehead atoms. The second-order valence-corrected chi connectivity index (χ2v) is 7.10. The zero-order valence-electron chi connectivity index (χ0n) is 15.7. The van der Waals surface area contributed by atoms with Gasteiger partial charge in [0.15, 0.2) is 5.65 Å². The van der Waals surface area contributed by atoms with Crippen molar-refractivity contribution in [3.8, 4) is 17.0 Å². The lowest BCUT2D eigenvalue weighted by Crippen LogP contribution is -2.36. The van der Waals surface area contributed by atoms with Crippen molar-refractivity contribution in [2.24, 2.45) is 7.05 Å². The molecule has 27 heavy (non-hydrogen) atoms. The lowest BCUT2D eigenvalue weighted by molar-refractivity contribution is 0.0929. The van der Waals surface area contributed by atoms with E-state index >= 15 is 0 Å². The highest BCUT2D eigenvalue weighted by Gasteiger charge is 2.20. The van der Waals surface area contributed by atoms with Gasteiger partial charge in [0.1, 0.15) is 5.75 Å². The molecule has 1 fully saturated rings. The summed E-state index contributed by atoms with van der Waals surface area (Å²) in [7, 11) is 3.48. The van der Waals surface area contributed by atoms with E-state index in [0.717, 1.165) is 35.2 Å². The Kier molecular flexibility index (Phi) is 4.79. The van der Waals surface area contributed by atoms with Gasteiger partial charge in [-0.05, 0) is 43.2 Å². The van der Waals surface area contributed by atoms with Crippen LogP contribution in [0.3, 0.4) is 0 Å². The minimum atomic E-state index is -0.0444. The molecule has 0 unspecified atom stereocenters. The smallest absolute Gasteiger partial charge is 0.252 e. The van der Waals surface area contributed by atoms with E-state index in [4.69, 9.17) is 9.72 Å². The van der Waals surface area contributed by atoms with Gasteiger partial charge in [-0.1, -0.05) is 19.3 Å². The Balaban J connectivity index is 1.73. The minimum absolute atomic E-state index is 0.0444. The summed E-state index contributed by atoms with van der Waals surface area (Å²) in [6, 6.07) is 9.82. The average molecular weight is 364 g/mol. The second kappa shape index (κ2) is 7.39. The van der Waals surface area contributed by atoms with Gasteiger partial charge in [-0.3, -0.25) is 9.48 Å². The van der Waals surface area contributed by atoms with Crippen LogP contribution in [-0.4, -0.2) is 33.8 Å². The maximum atomic E-state index is 13.0. The van der Waals surface area contributed by atoms with E-state index in [-0.39, 0.29) is 11.9 Å². The number of hydrogen-bond acceptors (Lipinski definition) is 4. The number of carbonyl (C=O) groups excluding carboxylic acids is 1. The van der Waals surface area contributed by atoms with Crippen molar-refractivity contribution in [2.75, 3.05) is 7.11 Å². The number of amides is 1. The summed E-state index contributed by atoms with van der Waals surface area (Å²) in [5.74, 6) is 0.743. The number of fused-ring (bicyclic) bond motifs is 1. The Hall–Kier alpha value is -2.89. The Morgan fingerprint density at radius 2 is 1.93 bits per heavy atom. The first kappa shape index (κ1) is 17.5. The van der Waals surface area contributed by atoms with Crippen molar-refractivity contribution >= 4 is 16.9 Å². The Morgan fingerprint density at radius 3 is 2.63 bits per heavy atom. The number of rotatable bonds is 4. The van der Waals surface area contributed by atoms with Crippen molar-refractivity contribution in [3.05, 3.63) is 42.1 Å². The molecule has 0 saturated heterocycles. The van der Waals surface area contributed by atoms with E-state index in [2.05, 4.69) is 10.4 Å². The van der Waals surface area contributed by atoms with Gasteiger partial charge in [-0.15, -0.1) is 0 Å². The average Bonchev–Trinajstić information content (AvgIpc) is 3.09. The monoisotopic (exact) mass is 364 g/mol. The number of benzene rings is 1. The maximum absolute atomic E-state index is 13.0. The topological polar surface area (TPSA) is 69.0 Å². The summed E-state index contributed by atoms with van der Waals surface area (Å²) >= 11 is 0. The van der Waals surface area contributed by atoms with Crippen LogP contribution in [0.4, 0.5) is 0 Å². The molecular formula is C21H24N4O2. The zero-order valence-corrected chi connectivity index (χ0v) is 15.7. The predicted molar refractivity (Wildman–Crippen MR) is 105 cm³/mol. The summed E-state index contributed by atoms with van der Waals surface area (Å²) in [4.78, 5) is 17.8. The molecule has 1 aliphatic rings. The molecule has 0 aliphatic heterocycles.